The van der Waals surface area contributed by atoms with Crippen molar-refractivity contribution in [2.75, 3.05) is 12.8 Å². The first kappa shape index (κ1) is 14.8. The third-order valence-electron chi connectivity index (χ3n) is 3.73. The van der Waals surface area contributed by atoms with E-state index in [0.29, 0.717) is 5.15 Å². The molecule has 2 aromatic rings. The predicted octanol–water partition coefficient (Wildman–Crippen LogP) is 3.11. The molecule has 0 N–H and O–H groups in total. The van der Waals surface area contributed by atoms with E-state index in [-0.39, 0.29) is 0 Å². The predicted molar refractivity (Wildman–Crippen MR) is 85.6 cm³/mol. The molecule has 0 aliphatic carbocycles. The zero-order valence-electron chi connectivity index (χ0n) is 12.1. The highest BCUT2D eigenvalue weighted by atomic mass is 35.5. The first-order valence-electron chi connectivity index (χ1n) is 6.89. The molecule has 0 aromatic carbocycles. The van der Waals surface area contributed by atoms with Gasteiger partial charge in [-0.2, -0.15) is 0 Å². The third kappa shape index (κ3) is 3.36. The number of aryl methyl sites for hydroxylation is 1. The van der Waals surface area contributed by atoms with Crippen LogP contribution >= 0.6 is 23.4 Å². The Bertz CT molecular complexity index is 662. The average Bonchev–Trinajstić information content (AvgIpc) is 2.49. The van der Waals surface area contributed by atoms with Crippen molar-refractivity contribution < 1.29 is 0 Å². The minimum atomic E-state index is 0.554. The molecular weight excluding hydrogens is 304 g/mol. The van der Waals surface area contributed by atoms with Crippen LogP contribution in [0.3, 0.4) is 0 Å². The number of aromatic nitrogens is 3. The van der Waals surface area contributed by atoms with E-state index in [9.17, 15) is 0 Å². The standard InChI is InChI=1S/C15H17ClN4S/c1-10-11(3-4-14(16)18-10)8-20-6-5-13-12(9-20)7-17-15(19-13)21-2/h3-4,7H,5-6,8-9H2,1-2H3. The van der Waals surface area contributed by atoms with Crippen molar-refractivity contribution in [1.82, 2.24) is 19.9 Å². The maximum Gasteiger partial charge on any atom is 0.187 e. The molecule has 6 heteroatoms. The van der Waals surface area contributed by atoms with Gasteiger partial charge in [0.05, 0.1) is 5.69 Å². The van der Waals surface area contributed by atoms with Crippen LogP contribution in [0.1, 0.15) is 22.5 Å². The quantitative estimate of drug-likeness (QED) is 0.494. The highest BCUT2D eigenvalue weighted by Crippen LogP contribution is 2.21. The van der Waals surface area contributed by atoms with Gasteiger partial charge >= 0.3 is 0 Å². The monoisotopic (exact) mass is 320 g/mol. The maximum absolute atomic E-state index is 5.91. The van der Waals surface area contributed by atoms with Crippen molar-refractivity contribution in [2.24, 2.45) is 0 Å². The van der Waals surface area contributed by atoms with Crippen molar-refractivity contribution >= 4 is 23.4 Å². The van der Waals surface area contributed by atoms with Crippen molar-refractivity contribution in [1.29, 1.82) is 0 Å². The molecular formula is C15H17ClN4S. The van der Waals surface area contributed by atoms with Gasteiger partial charge in [0, 0.05) is 43.5 Å². The highest BCUT2D eigenvalue weighted by Gasteiger charge is 2.19. The van der Waals surface area contributed by atoms with Crippen LogP contribution in [0.4, 0.5) is 0 Å². The van der Waals surface area contributed by atoms with E-state index in [2.05, 4.69) is 25.9 Å². The molecule has 3 heterocycles. The van der Waals surface area contributed by atoms with Crippen molar-refractivity contribution in [3.8, 4) is 0 Å². The molecule has 0 bridgehead atoms. The Hall–Kier alpha value is -1.17. The van der Waals surface area contributed by atoms with Crippen LogP contribution < -0.4 is 0 Å². The van der Waals surface area contributed by atoms with Gasteiger partial charge in [0.2, 0.25) is 0 Å². The number of thioether (sulfide) groups is 1. The summed E-state index contributed by atoms with van der Waals surface area (Å²) in [5, 5.41) is 1.41. The lowest BCUT2D eigenvalue weighted by atomic mass is 10.1. The topological polar surface area (TPSA) is 41.9 Å². The van der Waals surface area contributed by atoms with Crippen LogP contribution in [0.25, 0.3) is 0 Å². The van der Waals surface area contributed by atoms with Gasteiger partial charge in [0.15, 0.2) is 5.16 Å². The van der Waals surface area contributed by atoms with E-state index in [1.807, 2.05) is 25.4 Å². The Kier molecular flexibility index (Phi) is 4.42. The zero-order chi connectivity index (χ0) is 14.8. The van der Waals surface area contributed by atoms with Gasteiger partial charge in [0.25, 0.3) is 0 Å². The molecule has 1 aliphatic heterocycles. The number of hydrogen-bond acceptors (Lipinski definition) is 5. The summed E-state index contributed by atoms with van der Waals surface area (Å²) in [6.07, 6.45) is 4.95. The molecule has 3 rings (SSSR count). The number of fused-ring (bicyclic) bond motifs is 1. The molecule has 0 unspecified atom stereocenters. The lowest BCUT2D eigenvalue weighted by Crippen LogP contribution is -2.31. The summed E-state index contributed by atoms with van der Waals surface area (Å²) < 4.78 is 0. The van der Waals surface area contributed by atoms with Gasteiger partial charge in [0.1, 0.15) is 5.15 Å². The van der Waals surface area contributed by atoms with E-state index < -0.39 is 0 Å². The summed E-state index contributed by atoms with van der Waals surface area (Å²) in [6, 6.07) is 3.92. The Morgan fingerprint density at radius 2 is 2.19 bits per heavy atom. The van der Waals surface area contributed by atoms with Gasteiger partial charge in [-0.15, -0.1) is 0 Å². The lowest BCUT2D eigenvalue weighted by Gasteiger charge is -2.28. The average molecular weight is 321 g/mol. The van der Waals surface area contributed by atoms with E-state index >= 15 is 0 Å². The SMILES string of the molecule is CSc1ncc2c(n1)CCN(Cc1ccc(Cl)nc1C)C2. The zero-order valence-corrected chi connectivity index (χ0v) is 13.7. The molecule has 0 radical (unpaired) electrons. The fourth-order valence-corrected chi connectivity index (χ4v) is 3.11. The fraction of sp³-hybridized carbons (Fsp3) is 0.400. The lowest BCUT2D eigenvalue weighted by molar-refractivity contribution is 0.241. The highest BCUT2D eigenvalue weighted by molar-refractivity contribution is 7.98. The molecule has 0 saturated heterocycles. The van der Waals surface area contributed by atoms with Crippen LogP contribution in [-0.4, -0.2) is 32.7 Å². The second-order valence-electron chi connectivity index (χ2n) is 5.17. The summed E-state index contributed by atoms with van der Waals surface area (Å²) in [5.74, 6) is 0. The largest absolute Gasteiger partial charge is 0.294 e. The van der Waals surface area contributed by atoms with Crippen LogP contribution in [0.2, 0.25) is 5.15 Å². The molecule has 110 valence electrons. The second-order valence-corrected chi connectivity index (χ2v) is 6.33. The molecule has 0 atom stereocenters. The van der Waals surface area contributed by atoms with Gasteiger partial charge < -0.3 is 0 Å². The first-order chi connectivity index (χ1) is 10.2. The van der Waals surface area contributed by atoms with E-state index in [1.54, 1.807) is 11.8 Å². The maximum atomic E-state index is 5.91. The van der Waals surface area contributed by atoms with Crippen LogP contribution in [0.15, 0.2) is 23.5 Å². The molecule has 0 amide bonds. The van der Waals surface area contributed by atoms with Crippen LogP contribution in [0.5, 0.6) is 0 Å². The number of nitrogens with zero attached hydrogens (tertiary/aromatic N) is 4. The summed E-state index contributed by atoms with van der Waals surface area (Å²) in [6.45, 7) is 4.80. The summed E-state index contributed by atoms with van der Waals surface area (Å²) >= 11 is 7.50. The molecule has 21 heavy (non-hydrogen) atoms. The third-order valence-corrected chi connectivity index (χ3v) is 4.50. The van der Waals surface area contributed by atoms with Gasteiger partial charge in [-0.1, -0.05) is 29.4 Å². The molecule has 1 aliphatic rings. The van der Waals surface area contributed by atoms with Crippen molar-refractivity contribution in [3.05, 3.63) is 46.0 Å². The van der Waals surface area contributed by atoms with E-state index in [4.69, 9.17) is 11.6 Å². The Balaban J connectivity index is 1.74. The van der Waals surface area contributed by atoms with Crippen molar-refractivity contribution in [2.45, 2.75) is 31.6 Å². The Morgan fingerprint density at radius 3 is 2.95 bits per heavy atom. The van der Waals surface area contributed by atoms with Crippen molar-refractivity contribution in [3.63, 3.8) is 0 Å². The van der Waals surface area contributed by atoms with E-state index in [0.717, 1.165) is 36.9 Å². The minimum absolute atomic E-state index is 0.554. The van der Waals surface area contributed by atoms with E-state index in [1.165, 1.54) is 16.8 Å². The summed E-state index contributed by atoms with van der Waals surface area (Å²) in [5.41, 5.74) is 4.65. The van der Waals surface area contributed by atoms with Crippen LogP contribution in [0, 0.1) is 6.92 Å². The van der Waals surface area contributed by atoms with Gasteiger partial charge in [-0.25, -0.2) is 15.0 Å². The second kappa shape index (κ2) is 6.30. The van der Waals surface area contributed by atoms with Gasteiger partial charge in [-0.3, -0.25) is 4.90 Å². The number of hydrogen-bond donors (Lipinski definition) is 0. The molecule has 0 spiro atoms. The smallest absolute Gasteiger partial charge is 0.187 e. The molecule has 0 saturated carbocycles. The fourth-order valence-electron chi connectivity index (χ4n) is 2.56. The summed E-state index contributed by atoms with van der Waals surface area (Å²) in [4.78, 5) is 15.7. The normalized spacial score (nSPS) is 15.0. The Labute approximate surface area is 134 Å². The molecule has 0 fully saturated rings. The molecule has 2 aromatic heterocycles. The van der Waals surface area contributed by atoms with Gasteiger partial charge in [-0.05, 0) is 24.8 Å². The minimum Gasteiger partial charge on any atom is -0.294 e. The number of halogens is 1. The van der Waals surface area contributed by atoms with Crippen LogP contribution in [-0.2, 0) is 19.5 Å². The Morgan fingerprint density at radius 1 is 1.33 bits per heavy atom. The first-order valence-corrected chi connectivity index (χ1v) is 8.49. The molecule has 4 nitrogen and oxygen atoms in total. The summed E-state index contributed by atoms with van der Waals surface area (Å²) in [7, 11) is 0. The number of rotatable bonds is 3. The number of pyridine rings is 1.